The largest absolute Gasteiger partial charge is 0.354 e. The van der Waals surface area contributed by atoms with E-state index >= 15 is 0 Å². The zero-order valence-corrected chi connectivity index (χ0v) is 16.0. The normalized spacial score (nSPS) is 15.1. The van der Waals surface area contributed by atoms with Crippen molar-refractivity contribution in [1.29, 1.82) is 0 Å². The van der Waals surface area contributed by atoms with Gasteiger partial charge < -0.3 is 15.1 Å². The SMILES string of the molecule is Cc1cccc(-c2nc(Nc3cc(C)[nH]n3)cc(N3CCN(C)CC3)n2)c1. The number of likely N-dealkylation sites (N-methyl/N-ethyl adjacent to an activating group) is 1. The van der Waals surface area contributed by atoms with Gasteiger partial charge in [-0.25, -0.2) is 9.97 Å². The molecule has 0 radical (unpaired) electrons. The fourth-order valence-electron chi connectivity index (χ4n) is 3.22. The second-order valence-corrected chi connectivity index (χ2v) is 7.16. The van der Waals surface area contributed by atoms with E-state index in [0.717, 1.165) is 60.7 Å². The fraction of sp³-hybridized carbons (Fsp3) is 0.350. The molecular weight excluding hydrogens is 338 g/mol. The van der Waals surface area contributed by atoms with Crippen LogP contribution in [0.4, 0.5) is 17.5 Å². The Bertz CT molecular complexity index is 926. The first-order valence-corrected chi connectivity index (χ1v) is 9.25. The number of anilines is 3. The molecule has 0 spiro atoms. The number of nitrogens with one attached hydrogen (secondary N) is 2. The molecule has 3 heterocycles. The van der Waals surface area contributed by atoms with Crippen molar-refractivity contribution in [2.24, 2.45) is 0 Å². The highest BCUT2D eigenvalue weighted by atomic mass is 15.3. The minimum atomic E-state index is 0.727. The highest BCUT2D eigenvalue weighted by Gasteiger charge is 2.18. The van der Waals surface area contributed by atoms with Crippen LogP contribution < -0.4 is 10.2 Å². The molecule has 0 amide bonds. The Balaban J connectivity index is 1.71. The van der Waals surface area contributed by atoms with Crippen molar-refractivity contribution in [3.05, 3.63) is 47.7 Å². The molecule has 0 bridgehead atoms. The lowest BCUT2D eigenvalue weighted by Gasteiger charge is -2.33. The number of nitrogens with zero attached hydrogens (tertiary/aromatic N) is 5. The van der Waals surface area contributed by atoms with Gasteiger partial charge in [0.1, 0.15) is 11.6 Å². The Morgan fingerprint density at radius 2 is 1.78 bits per heavy atom. The van der Waals surface area contributed by atoms with Crippen LogP contribution in [0.3, 0.4) is 0 Å². The summed E-state index contributed by atoms with van der Waals surface area (Å²) in [6.45, 7) is 8.05. The molecule has 1 saturated heterocycles. The van der Waals surface area contributed by atoms with Gasteiger partial charge in [0.15, 0.2) is 11.6 Å². The smallest absolute Gasteiger partial charge is 0.163 e. The molecule has 7 nitrogen and oxygen atoms in total. The Morgan fingerprint density at radius 3 is 2.48 bits per heavy atom. The maximum absolute atomic E-state index is 4.87. The number of hydrogen-bond donors (Lipinski definition) is 2. The van der Waals surface area contributed by atoms with E-state index in [9.17, 15) is 0 Å². The Labute approximate surface area is 159 Å². The third-order valence-electron chi connectivity index (χ3n) is 4.78. The van der Waals surface area contributed by atoms with Crippen molar-refractivity contribution in [3.8, 4) is 11.4 Å². The number of hydrogen-bond acceptors (Lipinski definition) is 6. The van der Waals surface area contributed by atoms with E-state index < -0.39 is 0 Å². The first-order valence-electron chi connectivity index (χ1n) is 9.25. The molecule has 27 heavy (non-hydrogen) atoms. The van der Waals surface area contributed by atoms with Gasteiger partial charge in [0, 0.05) is 49.6 Å². The summed E-state index contributed by atoms with van der Waals surface area (Å²) in [5, 5.41) is 10.5. The summed E-state index contributed by atoms with van der Waals surface area (Å²) in [7, 11) is 2.16. The summed E-state index contributed by atoms with van der Waals surface area (Å²) < 4.78 is 0. The standard InChI is InChI=1S/C20H25N7/c1-14-5-4-6-16(11-14)20-22-17(21-18-12-15(2)24-25-18)13-19(23-20)27-9-7-26(3)8-10-27/h4-6,11-13H,7-10H2,1-3H3,(H2,21,22,23,24,25). The minimum Gasteiger partial charge on any atom is -0.354 e. The minimum absolute atomic E-state index is 0.727. The number of aromatic amines is 1. The molecule has 2 aromatic heterocycles. The van der Waals surface area contributed by atoms with Crippen LogP contribution in [0.1, 0.15) is 11.3 Å². The van der Waals surface area contributed by atoms with Crippen molar-refractivity contribution >= 4 is 17.5 Å². The zero-order chi connectivity index (χ0) is 18.8. The molecule has 3 aromatic rings. The Hall–Kier alpha value is -2.93. The van der Waals surface area contributed by atoms with Gasteiger partial charge in [-0.05, 0) is 27.0 Å². The third-order valence-corrected chi connectivity index (χ3v) is 4.78. The highest BCUT2D eigenvalue weighted by Crippen LogP contribution is 2.25. The van der Waals surface area contributed by atoms with Crippen LogP contribution in [0, 0.1) is 13.8 Å². The molecule has 0 aliphatic carbocycles. The number of H-pyrrole nitrogens is 1. The van der Waals surface area contributed by atoms with Crippen molar-refractivity contribution in [2.45, 2.75) is 13.8 Å². The number of aryl methyl sites for hydroxylation is 2. The highest BCUT2D eigenvalue weighted by molar-refractivity contribution is 5.65. The quantitative estimate of drug-likeness (QED) is 0.742. The summed E-state index contributed by atoms with van der Waals surface area (Å²) in [5.74, 6) is 3.18. The van der Waals surface area contributed by atoms with Crippen molar-refractivity contribution in [2.75, 3.05) is 43.4 Å². The predicted molar refractivity (Wildman–Crippen MR) is 109 cm³/mol. The summed E-state index contributed by atoms with van der Waals surface area (Å²) in [6, 6.07) is 12.3. The molecule has 4 rings (SSSR count). The first-order chi connectivity index (χ1) is 13.1. The average molecular weight is 363 g/mol. The Morgan fingerprint density at radius 1 is 0.963 bits per heavy atom. The summed E-state index contributed by atoms with van der Waals surface area (Å²) in [4.78, 5) is 14.3. The van der Waals surface area contributed by atoms with Crippen LogP contribution in [0.25, 0.3) is 11.4 Å². The average Bonchev–Trinajstić information content (AvgIpc) is 3.07. The van der Waals surface area contributed by atoms with E-state index in [2.05, 4.69) is 57.5 Å². The van der Waals surface area contributed by atoms with Gasteiger partial charge in [-0.2, -0.15) is 5.10 Å². The molecule has 1 aliphatic heterocycles. The summed E-state index contributed by atoms with van der Waals surface area (Å²) in [6.07, 6.45) is 0. The van der Waals surface area contributed by atoms with Crippen LogP contribution >= 0.6 is 0 Å². The van der Waals surface area contributed by atoms with E-state index in [1.54, 1.807) is 0 Å². The third kappa shape index (κ3) is 4.09. The molecule has 1 fully saturated rings. The van der Waals surface area contributed by atoms with Crippen LogP contribution in [-0.2, 0) is 0 Å². The van der Waals surface area contributed by atoms with Crippen LogP contribution in [0.15, 0.2) is 36.4 Å². The van der Waals surface area contributed by atoms with Crippen molar-refractivity contribution in [3.63, 3.8) is 0 Å². The molecule has 1 aromatic carbocycles. The zero-order valence-electron chi connectivity index (χ0n) is 16.0. The van der Waals surface area contributed by atoms with E-state index in [1.165, 1.54) is 5.56 Å². The van der Waals surface area contributed by atoms with Crippen LogP contribution in [-0.4, -0.2) is 58.3 Å². The van der Waals surface area contributed by atoms with Gasteiger partial charge in [-0.15, -0.1) is 0 Å². The lowest BCUT2D eigenvalue weighted by molar-refractivity contribution is 0.312. The molecule has 140 valence electrons. The second kappa shape index (κ2) is 7.36. The number of benzene rings is 1. The van der Waals surface area contributed by atoms with Gasteiger partial charge >= 0.3 is 0 Å². The van der Waals surface area contributed by atoms with E-state index in [4.69, 9.17) is 9.97 Å². The van der Waals surface area contributed by atoms with E-state index in [1.807, 2.05) is 25.1 Å². The number of piperazine rings is 1. The maximum atomic E-state index is 4.87. The molecule has 0 atom stereocenters. The molecular formula is C20H25N7. The summed E-state index contributed by atoms with van der Waals surface area (Å²) in [5.41, 5.74) is 3.22. The van der Waals surface area contributed by atoms with Gasteiger partial charge in [-0.1, -0.05) is 23.8 Å². The van der Waals surface area contributed by atoms with Gasteiger partial charge in [0.05, 0.1) is 0 Å². The summed E-state index contributed by atoms with van der Waals surface area (Å²) >= 11 is 0. The molecule has 7 heteroatoms. The lowest BCUT2D eigenvalue weighted by Crippen LogP contribution is -2.44. The Kier molecular flexibility index (Phi) is 4.77. The first kappa shape index (κ1) is 17.5. The monoisotopic (exact) mass is 363 g/mol. The van der Waals surface area contributed by atoms with E-state index in [0.29, 0.717) is 0 Å². The molecule has 0 unspecified atom stereocenters. The van der Waals surface area contributed by atoms with Gasteiger partial charge in [-0.3, -0.25) is 5.10 Å². The van der Waals surface area contributed by atoms with Crippen molar-refractivity contribution in [1.82, 2.24) is 25.1 Å². The fourth-order valence-corrected chi connectivity index (χ4v) is 3.22. The van der Waals surface area contributed by atoms with E-state index in [-0.39, 0.29) is 0 Å². The van der Waals surface area contributed by atoms with Crippen molar-refractivity contribution < 1.29 is 0 Å². The van der Waals surface area contributed by atoms with Gasteiger partial charge in [0.25, 0.3) is 0 Å². The number of aromatic nitrogens is 4. The maximum Gasteiger partial charge on any atom is 0.163 e. The lowest BCUT2D eigenvalue weighted by atomic mass is 10.1. The molecule has 1 aliphatic rings. The predicted octanol–water partition coefficient (Wildman–Crippen LogP) is 2.98. The van der Waals surface area contributed by atoms with Gasteiger partial charge in [0.2, 0.25) is 0 Å². The van der Waals surface area contributed by atoms with Crippen LogP contribution in [0.2, 0.25) is 0 Å². The molecule has 2 N–H and O–H groups in total. The molecule has 0 saturated carbocycles. The van der Waals surface area contributed by atoms with Crippen LogP contribution in [0.5, 0.6) is 0 Å². The number of rotatable bonds is 4. The topological polar surface area (TPSA) is 73.0 Å². The second-order valence-electron chi connectivity index (χ2n) is 7.16.